The maximum Gasteiger partial charge on any atom is 0.306 e. The van der Waals surface area contributed by atoms with E-state index < -0.39 is 5.97 Å². The molecule has 1 fully saturated rings. The minimum absolute atomic E-state index is 0.0671. The van der Waals surface area contributed by atoms with Crippen LogP contribution in [0, 0.1) is 5.92 Å². The van der Waals surface area contributed by atoms with Crippen LogP contribution >= 0.6 is 11.3 Å². The number of ether oxygens (including phenoxy) is 2. The van der Waals surface area contributed by atoms with Gasteiger partial charge in [0.1, 0.15) is 5.01 Å². The number of rotatable bonds is 7. The van der Waals surface area contributed by atoms with Gasteiger partial charge in [0.25, 0.3) is 0 Å². The van der Waals surface area contributed by atoms with Crippen LogP contribution in [-0.4, -0.2) is 42.2 Å². The fourth-order valence-electron chi connectivity index (χ4n) is 3.27. The number of carboxylic acids is 1. The van der Waals surface area contributed by atoms with E-state index in [1.54, 1.807) is 14.2 Å². The average molecular weight is 390 g/mol. The summed E-state index contributed by atoms with van der Waals surface area (Å²) in [5.41, 5.74) is 1.58. The van der Waals surface area contributed by atoms with Crippen molar-refractivity contribution >= 4 is 23.2 Å². The van der Waals surface area contributed by atoms with Crippen LogP contribution < -0.4 is 14.8 Å². The van der Waals surface area contributed by atoms with Gasteiger partial charge >= 0.3 is 5.97 Å². The number of nitrogens with one attached hydrogen (secondary N) is 1. The first kappa shape index (κ1) is 19.2. The molecule has 8 heteroatoms. The van der Waals surface area contributed by atoms with Gasteiger partial charge in [0.15, 0.2) is 11.5 Å². The number of aromatic nitrogens is 1. The number of carbonyl (C=O) groups excluding carboxylic acids is 1. The van der Waals surface area contributed by atoms with Crippen LogP contribution in [0.5, 0.6) is 11.5 Å². The summed E-state index contributed by atoms with van der Waals surface area (Å²) in [6.07, 6.45) is 1.99. The highest BCUT2D eigenvalue weighted by atomic mass is 32.1. The van der Waals surface area contributed by atoms with Gasteiger partial charge in [-0.05, 0) is 37.5 Å². The highest BCUT2D eigenvalue weighted by Crippen LogP contribution is 2.33. The van der Waals surface area contributed by atoms with Crippen LogP contribution in [0.4, 0.5) is 0 Å². The van der Waals surface area contributed by atoms with Crippen molar-refractivity contribution in [3.63, 3.8) is 0 Å². The Labute approximate surface area is 161 Å². The molecule has 1 aliphatic carbocycles. The molecule has 1 aromatic carbocycles. The Morgan fingerprint density at radius 2 is 2.04 bits per heavy atom. The summed E-state index contributed by atoms with van der Waals surface area (Å²) in [6, 6.07) is 5.50. The summed E-state index contributed by atoms with van der Waals surface area (Å²) in [5, 5.41) is 14.6. The molecule has 0 spiro atoms. The minimum Gasteiger partial charge on any atom is -0.493 e. The molecule has 1 amide bonds. The zero-order valence-corrected chi connectivity index (χ0v) is 16.0. The molecule has 1 aliphatic rings. The SMILES string of the molecule is COc1ccc(-c2nc(CC(=O)N[C@H]3CC[C@@H](C(=O)O)C3)cs2)cc1OC. The van der Waals surface area contributed by atoms with Crippen molar-refractivity contribution < 1.29 is 24.2 Å². The van der Waals surface area contributed by atoms with Gasteiger partial charge in [-0.2, -0.15) is 0 Å². The number of carboxylic acid groups (broad SMARTS) is 1. The minimum atomic E-state index is -0.786. The predicted octanol–water partition coefficient (Wildman–Crippen LogP) is 2.74. The van der Waals surface area contributed by atoms with E-state index in [1.807, 2.05) is 23.6 Å². The number of hydrogen-bond acceptors (Lipinski definition) is 6. The first-order valence-electron chi connectivity index (χ1n) is 8.69. The number of methoxy groups -OCH3 is 2. The molecule has 2 N–H and O–H groups in total. The Hall–Kier alpha value is -2.61. The molecule has 0 bridgehead atoms. The molecule has 27 heavy (non-hydrogen) atoms. The monoisotopic (exact) mass is 390 g/mol. The second-order valence-corrected chi connectivity index (χ2v) is 7.36. The Balaban J connectivity index is 1.61. The molecular weight excluding hydrogens is 368 g/mol. The van der Waals surface area contributed by atoms with Gasteiger partial charge < -0.3 is 19.9 Å². The van der Waals surface area contributed by atoms with E-state index in [0.717, 1.165) is 10.6 Å². The molecule has 144 valence electrons. The van der Waals surface area contributed by atoms with Gasteiger partial charge in [0, 0.05) is 17.0 Å². The van der Waals surface area contributed by atoms with E-state index in [1.165, 1.54) is 11.3 Å². The third-order valence-electron chi connectivity index (χ3n) is 4.67. The summed E-state index contributed by atoms with van der Waals surface area (Å²) < 4.78 is 10.6. The second kappa shape index (κ2) is 8.39. The molecular formula is C19H22N2O5S. The summed E-state index contributed by atoms with van der Waals surface area (Å²) >= 11 is 1.46. The van der Waals surface area contributed by atoms with E-state index in [0.29, 0.717) is 36.5 Å². The number of carbonyl (C=O) groups is 2. The van der Waals surface area contributed by atoms with Crippen molar-refractivity contribution in [2.45, 2.75) is 31.7 Å². The Bertz CT molecular complexity index is 835. The number of amides is 1. The van der Waals surface area contributed by atoms with Crippen LogP contribution in [0.3, 0.4) is 0 Å². The fraction of sp³-hybridized carbons (Fsp3) is 0.421. The van der Waals surface area contributed by atoms with Crippen molar-refractivity contribution in [1.82, 2.24) is 10.3 Å². The van der Waals surface area contributed by atoms with Gasteiger partial charge in [0.05, 0.1) is 32.3 Å². The van der Waals surface area contributed by atoms with Crippen LogP contribution in [0.2, 0.25) is 0 Å². The molecule has 2 atom stereocenters. The topological polar surface area (TPSA) is 97.8 Å². The summed E-state index contributed by atoms with van der Waals surface area (Å²) in [6.45, 7) is 0. The number of nitrogens with zero attached hydrogens (tertiary/aromatic N) is 1. The molecule has 1 aromatic heterocycles. The van der Waals surface area contributed by atoms with Crippen LogP contribution in [0.15, 0.2) is 23.6 Å². The van der Waals surface area contributed by atoms with Crippen molar-refractivity contribution in [1.29, 1.82) is 0 Å². The highest BCUT2D eigenvalue weighted by molar-refractivity contribution is 7.13. The lowest BCUT2D eigenvalue weighted by molar-refractivity contribution is -0.141. The lowest BCUT2D eigenvalue weighted by atomic mass is 10.1. The predicted molar refractivity (Wildman–Crippen MR) is 101 cm³/mol. The number of hydrogen-bond donors (Lipinski definition) is 2. The van der Waals surface area contributed by atoms with Crippen molar-refractivity contribution in [3.05, 3.63) is 29.3 Å². The standard InChI is InChI=1S/C19H22N2O5S/c1-25-15-6-4-11(8-16(15)26-2)18-21-14(10-27-18)9-17(22)20-13-5-3-12(7-13)19(23)24/h4,6,8,10,12-13H,3,5,7,9H2,1-2H3,(H,20,22)(H,23,24)/t12-,13+/m1/s1. The van der Waals surface area contributed by atoms with E-state index in [2.05, 4.69) is 10.3 Å². The smallest absolute Gasteiger partial charge is 0.306 e. The van der Waals surface area contributed by atoms with Crippen LogP contribution in [-0.2, 0) is 16.0 Å². The van der Waals surface area contributed by atoms with Crippen molar-refractivity contribution in [2.24, 2.45) is 5.92 Å². The number of aliphatic carboxylic acids is 1. The van der Waals surface area contributed by atoms with Crippen LogP contribution in [0.1, 0.15) is 25.0 Å². The second-order valence-electron chi connectivity index (χ2n) is 6.50. The van der Waals surface area contributed by atoms with Gasteiger partial charge in [-0.3, -0.25) is 9.59 Å². The summed E-state index contributed by atoms with van der Waals surface area (Å²) in [4.78, 5) is 27.8. The molecule has 0 radical (unpaired) electrons. The van der Waals surface area contributed by atoms with E-state index in [-0.39, 0.29) is 24.3 Å². The zero-order valence-electron chi connectivity index (χ0n) is 15.2. The van der Waals surface area contributed by atoms with E-state index >= 15 is 0 Å². The van der Waals surface area contributed by atoms with Gasteiger partial charge in [-0.25, -0.2) is 4.98 Å². The normalized spacial score (nSPS) is 18.9. The lowest BCUT2D eigenvalue weighted by Gasteiger charge is -2.11. The van der Waals surface area contributed by atoms with Crippen LogP contribution in [0.25, 0.3) is 10.6 Å². The first-order valence-corrected chi connectivity index (χ1v) is 9.57. The van der Waals surface area contributed by atoms with Gasteiger partial charge in [0.2, 0.25) is 5.91 Å². The third-order valence-corrected chi connectivity index (χ3v) is 5.61. The summed E-state index contributed by atoms with van der Waals surface area (Å²) in [7, 11) is 3.16. The molecule has 2 aromatic rings. The zero-order chi connectivity index (χ0) is 19.4. The van der Waals surface area contributed by atoms with E-state index in [9.17, 15) is 9.59 Å². The molecule has 1 saturated carbocycles. The fourth-order valence-corrected chi connectivity index (χ4v) is 4.09. The van der Waals surface area contributed by atoms with Gasteiger partial charge in [-0.1, -0.05) is 0 Å². The number of thiazole rings is 1. The Morgan fingerprint density at radius 3 is 2.70 bits per heavy atom. The van der Waals surface area contributed by atoms with Gasteiger partial charge in [-0.15, -0.1) is 11.3 Å². The number of benzene rings is 1. The molecule has 0 aliphatic heterocycles. The van der Waals surface area contributed by atoms with Crippen molar-refractivity contribution in [2.75, 3.05) is 14.2 Å². The Morgan fingerprint density at radius 1 is 1.26 bits per heavy atom. The molecule has 0 saturated heterocycles. The largest absolute Gasteiger partial charge is 0.493 e. The molecule has 7 nitrogen and oxygen atoms in total. The Kier molecular flexibility index (Phi) is 5.95. The maximum atomic E-state index is 12.2. The molecule has 1 heterocycles. The average Bonchev–Trinajstić information content (AvgIpc) is 3.30. The van der Waals surface area contributed by atoms with Crippen molar-refractivity contribution in [3.8, 4) is 22.1 Å². The lowest BCUT2D eigenvalue weighted by Crippen LogP contribution is -2.34. The first-order chi connectivity index (χ1) is 13.0. The summed E-state index contributed by atoms with van der Waals surface area (Å²) in [5.74, 6) is -0.000383. The molecule has 3 rings (SSSR count). The molecule has 0 unspecified atom stereocenters. The third kappa shape index (κ3) is 4.57. The maximum absolute atomic E-state index is 12.2. The highest BCUT2D eigenvalue weighted by Gasteiger charge is 2.30. The quantitative estimate of drug-likeness (QED) is 0.754. The van der Waals surface area contributed by atoms with E-state index in [4.69, 9.17) is 14.6 Å².